The molecule has 3 aromatic carbocycles. The molecule has 1 fully saturated rings. The predicted octanol–water partition coefficient (Wildman–Crippen LogP) is 7.39. The first-order valence-corrected chi connectivity index (χ1v) is 12.8. The molecule has 1 amide bonds. The summed E-state index contributed by atoms with van der Waals surface area (Å²) in [5, 5.41) is 4.33. The molecular weight excluding hydrogens is 606 g/mol. The van der Waals surface area contributed by atoms with Gasteiger partial charge in [0.2, 0.25) is 0 Å². The van der Waals surface area contributed by atoms with Gasteiger partial charge in [0.15, 0.2) is 16.7 Å². The van der Waals surface area contributed by atoms with Crippen molar-refractivity contribution in [3.63, 3.8) is 0 Å². The highest BCUT2D eigenvalue weighted by Gasteiger charge is 2.24. The van der Waals surface area contributed by atoms with E-state index in [2.05, 4.69) is 32.9 Å². The van der Waals surface area contributed by atoms with Gasteiger partial charge in [-0.1, -0.05) is 47.0 Å². The van der Waals surface area contributed by atoms with Crippen molar-refractivity contribution < 1.29 is 14.3 Å². The first-order valence-electron chi connectivity index (χ1n) is 10.1. The van der Waals surface area contributed by atoms with Gasteiger partial charge in [0, 0.05) is 0 Å². The Kier molecular flexibility index (Phi) is 8.08. The average Bonchev–Trinajstić information content (AvgIpc) is 3.15. The van der Waals surface area contributed by atoms with Crippen LogP contribution in [0.2, 0.25) is 10.0 Å². The summed E-state index contributed by atoms with van der Waals surface area (Å²) in [6.07, 6.45) is 1.81. The molecule has 9 heteroatoms. The van der Waals surface area contributed by atoms with Crippen molar-refractivity contribution in [3.8, 4) is 11.5 Å². The van der Waals surface area contributed by atoms with Gasteiger partial charge in [0.1, 0.15) is 6.61 Å². The zero-order valence-electron chi connectivity index (χ0n) is 18.2. The molecule has 0 aromatic heterocycles. The Balaban J connectivity index is 1.53. The number of ether oxygens (including phenoxy) is 2. The summed E-state index contributed by atoms with van der Waals surface area (Å²) in [7, 11) is 1.58. The Hall–Kier alpha value is -2.20. The molecule has 0 spiro atoms. The van der Waals surface area contributed by atoms with Gasteiger partial charge < -0.3 is 14.8 Å². The summed E-state index contributed by atoms with van der Waals surface area (Å²) < 4.78 is 12.4. The minimum Gasteiger partial charge on any atom is -0.493 e. The van der Waals surface area contributed by atoms with Gasteiger partial charge in [0.05, 0.1) is 31.3 Å². The molecule has 1 aliphatic heterocycles. The fourth-order valence-electron chi connectivity index (χ4n) is 3.12. The van der Waals surface area contributed by atoms with Crippen LogP contribution >= 0.6 is 57.6 Å². The molecule has 0 atom stereocenters. The first-order chi connectivity index (χ1) is 16.3. The minimum absolute atomic E-state index is 0.190. The van der Waals surface area contributed by atoms with Crippen molar-refractivity contribution in [1.29, 1.82) is 0 Å². The number of amides is 1. The number of carbonyl (C=O) groups excluding carboxylic acids is 1. The molecule has 1 N–H and O–H groups in total. The molecule has 0 unspecified atom stereocenters. The molecular formula is C25H19Cl2IN2O3S. The highest BCUT2D eigenvalue weighted by molar-refractivity contribution is 14.1. The summed E-state index contributed by atoms with van der Waals surface area (Å²) in [5.41, 5.74) is 3.64. The van der Waals surface area contributed by atoms with Crippen LogP contribution in [-0.4, -0.2) is 18.2 Å². The maximum absolute atomic E-state index is 12.5. The van der Waals surface area contributed by atoms with Gasteiger partial charge in [-0.05, 0) is 94.9 Å². The van der Waals surface area contributed by atoms with Gasteiger partial charge in [-0.25, -0.2) is 4.99 Å². The number of hydrogen-bond acceptors (Lipinski definition) is 5. The number of hydrogen-bond donors (Lipinski definition) is 1. The van der Waals surface area contributed by atoms with Crippen molar-refractivity contribution in [2.75, 3.05) is 7.11 Å². The van der Waals surface area contributed by atoms with Crippen LogP contribution in [0.4, 0.5) is 5.69 Å². The van der Waals surface area contributed by atoms with Crippen LogP contribution in [0, 0.1) is 10.5 Å². The van der Waals surface area contributed by atoms with E-state index in [9.17, 15) is 4.79 Å². The lowest BCUT2D eigenvalue weighted by molar-refractivity contribution is -0.115. The topological polar surface area (TPSA) is 59.9 Å². The SMILES string of the molecule is COc1cc(/C=C2/SC(=Nc3ccc(C)cc3)NC2=O)cc(I)c1OCc1ccc(Cl)c(Cl)c1. The summed E-state index contributed by atoms with van der Waals surface area (Å²) in [4.78, 5) is 17.6. The van der Waals surface area contributed by atoms with E-state index in [-0.39, 0.29) is 5.91 Å². The van der Waals surface area contributed by atoms with Crippen LogP contribution in [0.5, 0.6) is 11.5 Å². The molecule has 4 rings (SSSR count). The number of rotatable bonds is 6. The number of nitrogens with one attached hydrogen (secondary N) is 1. The van der Waals surface area contributed by atoms with E-state index in [4.69, 9.17) is 32.7 Å². The fraction of sp³-hybridized carbons (Fsp3) is 0.120. The summed E-state index contributed by atoms with van der Waals surface area (Å²) in [6, 6.07) is 16.9. The fourth-order valence-corrected chi connectivity index (χ4v) is 5.06. The highest BCUT2D eigenvalue weighted by atomic mass is 127. The van der Waals surface area contributed by atoms with Crippen molar-refractivity contribution in [1.82, 2.24) is 5.32 Å². The number of aliphatic imine (C=N–C) groups is 1. The third kappa shape index (κ3) is 6.07. The maximum atomic E-state index is 12.5. The lowest BCUT2D eigenvalue weighted by atomic mass is 10.2. The molecule has 0 radical (unpaired) electrons. The highest BCUT2D eigenvalue weighted by Crippen LogP contribution is 2.37. The molecule has 0 bridgehead atoms. The van der Waals surface area contributed by atoms with Gasteiger partial charge >= 0.3 is 0 Å². The molecule has 1 saturated heterocycles. The number of carbonyl (C=O) groups is 1. The third-order valence-corrected chi connectivity index (χ3v) is 7.28. The molecule has 3 aromatic rings. The molecule has 174 valence electrons. The lowest BCUT2D eigenvalue weighted by Gasteiger charge is -2.14. The van der Waals surface area contributed by atoms with E-state index >= 15 is 0 Å². The van der Waals surface area contributed by atoms with E-state index in [1.54, 1.807) is 19.2 Å². The van der Waals surface area contributed by atoms with E-state index < -0.39 is 0 Å². The molecule has 0 saturated carbocycles. The Morgan fingerprint density at radius 1 is 1.09 bits per heavy atom. The second kappa shape index (κ2) is 11.0. The first kappa shape index (κ1) is 24.9. The normalized spacial score (nSPS) is 15.6. The molecule has 5 nitrogen and oxygen atoms in total. The lowest BCUT2D eigenvalue weighted by Crippen LogP contribution is -2.19. The smallest absolute Gasteiger partial charge is 0.264 e. The monoisotopic (exact) mass is 624 g/mol. The molecule has 1 aliphatic rings. The second-order valence-electron chi connectivity index (χ2n) is 7.39. The van der Waals surface area contributed by atoms with E-state index in [0.29, 0.717) is 38.2 Å². The van der Waals surface area contributed by atoms with Crippen LogP contribution in [0.1, 0.15) is 16.7 Å². The van der Waals surface area contributed by atoms with E-state index in [1.807, 2.05) is 55.5 Å². The Morgan fingerprint density at radius 2 is 1.85 bits per heavy atom. The Morgan fingerprint density at radius 3 is 2.56 bits per heavy atom. The zero-order valence-corrected chi connectivity index (χ0v) is 22.7. The van der Waals surface area contributed by atoms with Gasteiger partial charge in [0.25, 0.3) is 5.91 Å². The van der Waals surface area contributed by atoms with Crippen molar-refractivity contribution in [2.45, 2.75) is 13.5 Å². The molecule has 34 heavy (non-hydrogen) atoms. The van der Waals surface area contributed by atoms with Crippen molar-refractivity contribution in [3.05, 3.63) is 89.8 Å². The molecule has 0 aliphatic carbocycles. The van der Waals surface area contributed by atoms with E-state index in [0.717, 1.165) is 25.9 Å². The molecule has 1 heterocycles. The Bertz CT molecular complexity index is 1310. The number of aryl methyl sites for hydroxylation is 1. The number of amidine groups is 1. The van der Waals surface area contributed by atoms with Gasteiger partial charge in [-0.2, -0.15) is 0 Å². The second-order valence-corrected chi connectivity index (χ2v) is 10.4. The number of methoxy groups -OCH3 is 1. The largest absolute Gasteiger partial charge is 0.493 e. The number of benzene rings is 3. The summed E-state index contributed by atoms with van der Waals surface area (Å²) >= 11 is 15.6. The number of thioether (sulfide) groups is 1. The predicted molar refractivity (Wildman–Crippen MR) is 148 cm³/mol. The van der Waals surface area contributed by atoms with Crippen molar-refractivity contribution >= 4 is 80.4 Å². The number of nitrogens with zero attached hydrogens (tertiary/aromatic N) is 1. The van der Waals surface area contributed by atoms with Crippen LogP contribution in [0.25, 0.3) is 6.08 Å². The maximum Gasteiger partial charge on any atom is 0.264 e. The summed E-state index contributed by atoms with van der Waals surface area (Å²) in [5.74, 6) is 0.988. The minimum atomic E-state index is -0.190. The average molecular weight is 625 g/mol. The summed E-state index contributed by atoms with van der Waals surface area (Å²) in [6.45, 7) is 2.32. The van der Waals surface area contributed by atoms with Crippen LogP contribution in [0.3, 0.4) is 0 Å². The van der Waals surface area contributed by atoms with Crippen LogP contribution in [0.15, 0.2) is 64.5 Å². The standard InChI is InChI=1S/C25H19Cl2IN2O3S/c1-14-3-6-17(7-4-14)29-25-30-24(31)22(34-25)12-16-10-20(28)23(21(11-16)32-2)33-13-15-5-8-18(26)19(27)9-15/h3-12H,13H2,1-2H3,(H,29,30,31)/b22-12+. The van der Waals surface area contributed by atoms with Crippen LogP contribution < -0.4 is 14.8 Å². The van der Waals surface area contributed by atoms with Crippen LogP contribution in [-0.2, 0) is 11.4 Å². The van der Waals surface area contributed by atoms with Gasteiger partial charge in [-0.15, -0.1) is 0 Å². The Labute approximate surface area is 225 Å². The third-order valence-electron chi connectivity index (χ3n) is 4.83. The zero-order chi connectivity index (χ0) is 24.2. The van der Waals surface area contributed by atoms with Gasteiger partial charge in [-0.3, -0.25) is 4.79 Å². The quantitative estimate of drug-likeness (QED) is 0.230. The van der Waals surface area contributed by atoms with E-state index in [1.165, 1.54) is 11.8 Å². The number of halogens is 3. The van der Waals surface area contributed by atoms with Crippen molar-refractivity contribution in [2.24, 2.45) is 4.99 Å².